The van der Waals surface area contributed by atoms with Gasteiger partial charge in [-0.1, -0.05) is 6.42 Å². The van der Waals surface area contributed by atoms with Crippen LogP contribution in [0.3, 0.4) is 0 Å². The molecule has 1 atom stereocenters. The summed E-state index contributed by atoms with van der Waals surface area (Å²) in [6.45, 7) is 5.18. The second kappa shape index (κ2) is 10.3. The van der Waals surface area contributed by atoms with Crippen molar-refractivity contribution >= 4 is 33.2 Å². The number of fused-ring (bicyclic) bond motifs is 1. The van der Waals surface area contributed by atoms with E-state index >= 15 is 0 Å². The molecule has 1 N–H and O–H groups in total. The Labute approximate surface area is 206 Å². The molecule has 1 saturated heterocycles. The third kappa shape index (κ3) is 5.50. The quantitative estimate of drug-likeness (QED) is 0.628. The Bertz CT molecular complexity index is 1190. The molecule has 0 aliphatic carbocycles. The van der Waals surface area contributed by atoms with Crippen molar-refractivity contribution in [2.45, 2.75) is 37.2 Å². The topological polar surface area (TPSA) is 99.3 Å². The van der Waals surface area contributed by atoms with E-state index in [1.54, 1.807) is 30.0 Å². The minimum absolute atomic E-state index is 0.101. The van der Waals surface area contributed by atoms with Crippen molar-refractivity contribution < 1.29 is 22.7 Å². The summed E-state index contributed by atoms with van der Waals surface area (Å²) < 4.78 is 31.4. The van der Waals surface area contributed by atoms with E-state index in [4.69, 9.17) is 4.74 Å². The number of piperidine rings is 1. The molecule has 35 heavy (non-hydrogen) atoms. The highest BCUT2D eigenvalue weighted by Crippen LogP contribution is 2.36. The number of benzene rings is 2. The summed E-state index contributed by atoms with van der Waals surface area (Å²) in [6.07, 6.45) is 3.05. The van der Waals surface area contributed by atoms with Crippen LogP contribution in [0.15, 0.2) is 47.4 Å². The van der Waals surface area contributed by atoms with E-state index in [0.717, 1.165) is 23.9 Å². The van der Waals surface area contributed by atoms with Gasteiger partial charge in [0.15, 0.2) is 6.10 Å². The lowest BCUT2D eigenvalue weighted by Gasteiger charge is -2.35. The average Bonchev–Trinajstić information content (AvgIpc) is 2.85. The Hall–Kier alpha value is -2.95. The summed E-state index contributed by atoms with van der Waals surface area (Å²) in [6, 6.07) is 11.0. The largest absolute Gasteiger partial charge is 0.479 e. The summed E-state index contributed by atoms with van der Waals surface area (Å²) in [5.74, 6) is 0.123. The number of hydrogen-bond donors (Lipinski definition) is 1. The molecule has 2 aliphatic heterocycles. The molecule has 0 bridgehead atoms. The van der Waals surface area contributed by atoms with Gasteiger partial charge < -0.3 is 19.9 Å². The molecule has 0 aromatic heterocycles. The normalized spacial score (nSPS) is 18.8. The molecule has 188 valence electrons. The number of rotatable bonds is 7. The molecule has 1 fully saturated rings. The fourth-order valence-corrected chi connectivity index (χ4v) is 5.23. The van der Waals surface area contributed by atoms with Crippen LogP contribution < -0.4 is 15.0 Å². The molecule has 0 radical (unpaired) electrons. The van der Waals surface area contributed by atoms with Gasteiger partial charge in [-0.2, -0.15) is 0 Å². The number of anilines is 2. The van der Waals surface area contributed by atoms with Crippen molar-refractivity contribution in [1.82, 2.24) is 9.21 Å². The Kier molecular flexibility index (Phi) is 7.44. The van der Waals surface area contributed by atoms with Gasteiger partial charge in [-0.3, -0.25) is 9.59 Å². The van der Waals surface area contributed by atoms with Crippen molar-refractivity contribution in [3.8, 4) is 5.75 Å². The maximum Gasteiger partial charge on any atom is 0.267 e. The number of ether oxygens (including phenoxy) is 1. The van der Waals surface area contributed by atoms with Gasteiger partial charge in [0.1, 0.15) is 5.75 Å². The predicted molar refractivity (Wildman–Crippen MR) is 134 cm³/mol. The number of carbonyl (C=O) groups is 2. The molecule has 10 heteroatoms. The van der Waals surface area contributed by atoms with Crippen LogP contribution >= 0.6 is 0 Å². The van der Waals surface area contributed by atoms with Crippen molar-refractivity contribution in [3.63, 3.8) is 0 Å². The number of sulfonamides is 1. The average molecular weight is 501 g/mol. The molecule has 2 aromatic carbocycles. The van der Waals surface area contributed by atoms with Gasteiger partial charge in [-0.25, -0.2) is 12.7 Å². The monoisotopic (exact) mass is 500 g/mol. The third-order valence-corrected chi connectivity index (χ3v) is 8.24. The van der Waals surface area contributed by atoms with Crippen LogP contribution in [0.4, 0.5) is 11.4 Å². The minimum atomic E-state index is -3.57. The zero-order valence-corrected chi connectivity index (χ0v) is 21.2. The van der Waals surface area contributed by atoms with Gasteiger partial charge in [0.25, 0.3) is 11.8 Å². The summed E-state index contributed by atoms with van der Waals surface area (Å²) in [5, 5.41) is 2.84. The smallest absolute Gasteiger partial charge is 0.267 e. The number of nitrogens with one attached hydrogen (secondary N) is 1. The highest BCUT2D eigenvalue weighted by Gasteiger charge is 2.32. The first-order valence-corrected chi connectivity index (χ1v) is 13.3. The van der Waals surface area contributed by atoms with Gasteiger partial charge in [0.2, 0.25) is 10.0 Å². The Morgan fingerprint density at radius 2 is 1.74 bits per heavy atom. The lowest BCUT2D eigenvalue weighted by molar-refractivity contribution is -0.125. The molecular weight excluding hydrogens is 468 g/mol. The number of hydrogen-bond acceptors (Lipinski definition) is 6. The lowest BCUT2D eigenvalue weighted by atomic mass is 10.1. The van der Waals surface area contributed by atoms with E-state index in [0.29, 0.717) is 29.2 Å². The molecule has 9 nitrogen and oxygen atoms in total. The van der Waals surface area contributed by atoms with Crippen LogP contribution in [0.5, 0.6) is 5.75 Å². The number of amides is 2. The fourth-order valence-electron chi connectivity index (χ4n) is 4.33. The van der Waals surface area contributed by atoms with Crippen LogP contribution in [0.2, 0.25) is 0 Å². The lowest BCUT2D eigenvalue weighted by Crippen LogP contribution is -2.48. The van der Waals surface area contributed by atoms with Gasteiger partial charge in [-0.05, 0) is 75.3 Å². The molecule has 2 aliphatic rings. The van der Waals surface area contributed by atoms with Crippen molar-refractivity contribution in [3.05, 3.63) is 48.0 Å². The van der Waals surface area contributed by atoms with Crippen molar-refractivity contribution in [1.29, 1.82) is 0 Å². The molecule has 2 aromatic rings. The minimum Gasteiger partial charge on any atom is -0.479 e. The maximum atomic E-state index is 12.9. The van der Waals surface area contributed by atoms with Crippen LogP contribution in [0.25, 0.3) is 0 Å². The van der Waals surface area contributed by atoms with Crippen molar-refractivity contribution in [2.24, 2.45) is 0 Å². The van der Waals surface area contributed by atoms with Gasteiger partial charge in [-0.15, -0.1) is 0 Å². The van der Waals surface area contributed by atoms with E-state index in [9.17, 15) is 18.0 Å². The standard InChI is InChI=1S/C25H32N4O5S/c1-18-25(31)29(16-15-28-13-5-4-6-14-28)22-17-20(9-12-23(22)34-18)26-24(30)19-7-10-21(11-8-19)35(32,33)27(2)3/h7-12,17-18H,4-6,13-16H2,1-3H3,(H,26,30). The van der Waals surface area contributed by atoms with Crippen molar-refractivity contribution in [2.75, 3.05) is 50.5 Å². The Balaban J connectivity index is 1.50. The second-order valence-electron chi connectivity index (χ2n) is 9.10. The first-order valence-electron chi connectivity index (χ1n) is 11.9. The van der Waals surface area contributed by atoms with Gasteiger partial charge >= 0.3 is 0 Å². The fraction of sp³-hybridized carbons (Fsp3) is 0.440. The van der Waals surface area contributed by atoms with E-state index < -0.39 is 16.1 Å². The summed E-state index contributed by atoms with van der Waals surface area (Å²) in [7, 11) is -0.661. The molecule has 2 amide bonds. The maximum absolute atomic E-state index is 12.9. The molecular formula is C25H32N4O5S. The predicted octanol–water partition coefficient (Wildman–Crippen LogP) is 2.79. The summed E-state index contributed by atoms with van der Waals surface area (Å²) >= 11 is 0. The van der Waals surface area contributed by atoms with Crippen LogP contribution in [-0.2, 0) is 14.8 Å². The Morgan fingerprint density at radius 1 is 1.06 bits per heavy atom. The van der Waals surface area contributed by atoms with Crippen LogP contribution in [0, 0.1) is 0 Å². The van der Waals surface area contributed by atoms with Gasteiger partial charge in [0, 0.05) is 38.4 Å². The molecule has 2 heterocycles. The Morgan fingerprint density at radius 3 is 2.40 bits per heavy atom. The van der Waals surface area contributed by atoms with Gasteiger partial charge in [0.05, 0.1) is 10.6 Å². The SMILES string of the molecule is CC1Oc2ccc(NC(=O)c3ccc(S(=O)(=O)N(C)C)cc3)cc2N(CCN2CCCCC2)C1=O. The second-order valence-corrected chi connectivity index (χ2v) is 11.3. The summed E-state index contributed by atoms with van der Waals surface area (Å²) in [5.41, 5.74) is 1.48. The number of nitrogens with zero attached hydrogens (tertiary/aromatic N) is 3. The zero-order valence-electron chi connectivity index (χ0n) is 20.4. The van der Waals surface area contributed by atoms with Crippen LogP contribution in [-0.4, -0.2) is 75.8 Å². The van der Waals surface area contributed by atoms with E-state index in [2.05, 4.69) is 10.2 Å². The van der Waals surface area contributed by atoms with E-state index in [1.807, 2.05) is 0 Å². The zero-order chi connectivity index (χ0) is 25.2. The highest BCUT2D eigenvalue weighted by molar-refractivity contribution is 7.89. The highest BCUT2D eigenvalue weighted by atomic mass is 32.2. The molecule has 1 unspecified atom stereocenters. The first kappa shape index (κ1) is 25.2. The van der Waals surface area contributed by atoms with E-state index in [-0.39, 0.29) is 16.7 Å². The first-order chi connectivity index (χ1) is 16.7. The number of carbonyl (C=O) groups excluding carboxylic acids is 2. The number of likely N-dealkylation sites (tertiary alicyclic amines) is 1. The summed E-state index contributed by atoms with van der Waals surface area (Å²) in [4.78, 5) is 30.0. The molecule has 0 saturated carbocycles. The van der Waals surface area contributed by atoms with E-state index in [1.165, 1.54) is 57.6 Å². The molecule has 0 spiro atoms. The third-order valence-electron chi connectivity index (χ3n) is 6.41. The van der Waals surface area contributed by atoms with Crippen LogP contribution in [0.1, 0.15) is 36.5 Å². The molecule has 4 rings (SSSR count).